The molecule has 1 saturated heterocycles. The second-order valence-electron chi connectivity index (χ2n) is 27.9. The molecule has 24 heteroatoms. The van der Waals surface area contributed by atoms with Crippen LogP contribution in [0.15, 0.2) is 49.1 Å². The highest BCUT2D eigenvalue weighted by Gasteiger charge is 2.46. The van der Waals surface area contributed by atoms with Crippen LogP contribution in [0.25, 0.3) is 5.03 Å². The third-order valence-electron chi connectivity index (χ3n) is 17.2. The lowest BCUT2D eigenvalue weighted by Gasteiger charge is -2.41. The molecule has 1 aliphatic rings. The normalized spacial score (nSPS) is 25.2. The monoisotopic (exact) mass is 1340 g/mol. The summed E-state index contributed by atoms with van der Waals surface area (Å²) in [5.41, 5.74) is 0.985. The third-order valence-corrected chi connectivity index (χ3v) is 17.4. The first-order valence-corrected chi connectivity index (χ1v) is 33.6. The molecule has 0 bridgehead atoms. The predicted octanol–water partition coefficient (Wildman–Crippen LogP) is 6.17. The fourth-order valence-electron chi connectivity index (χ4n) is 11.3. The van der Waals surface area contributed by atoms with Crippen molar-refractivity contribution >= 4 is 81.6 Å². The van der Waals surface area contributed by atoms with Gasteiger partial charge in [-0.15, -0.1) is 0 Å². The first-order valence-electron chi connectivity index (χ1n) is 33.3. The highest BCUT2D eigenvalue weighted by atomic mass is 35.5. The predicted molar refractivity (Wildman–Crippen MR) is 370 cm³/mol. The summed E-state index contributed by atoms with van der Waals surface area (Å²) in [4.78, 5) is 169. The number of hydrogen-bond donors (Lipinski definition) is 5. The van der Waals surface area contributed by atoms with E-state index in [1.54, 1.807) is 54.5 Å². The van der Waals surface area contributed by atoms with Crippen LogP contribution in [0, 0.1) is 41.4 Å². The van der Waals surface area contributed by atoms with Crippen LogP contribution in [0.4, 0.5) is 0 Å². The molecule has 0 saturated carbocycles. The molecule has 0 aromatic heterocycles. The summed E-state index contributed by atoms with van der Waals surface area (Å²) < 4.78 is 0. The molecular formula is C70H118ClN11O12. The Morgan fingerprint density at radius 2 is 0.947 bits per heavy atom. The first-order chi connectivity index (χ1) is 43.5. The van der Waals surface area contributed by atoms with Crippen molar-refractivity contribution in [3.63, 3.8) is 0 Å². The van der Waals surface area contributed by atoms with Gasteiger partial charge in [0.2, 0.25) is 65.0 Å². The molecule has 1 aromatic rings. The number of nitrogens with zero attached hydrogens (tertiary/aromatic N) is 7. The Balaban J connectivity index is 0.00000449. The van der Waals surface area contributed by atoms with E-state index >= 15 is 9.59 Å². The highest BCUT2D eigenvalue weighted by Crippen LogP contribution is 2.26. The lowest BCUT2D eigenvalue weighted by atomic mass is 9.91. The number of rotatable bonds is 16. The van der Waals surface area contributed by atoms with Gasteiger partial charge in [-0.05, 0) is 106 Å². The average molecular weight is 1340 g/mol. The molecule has 94 heavy (non-hydrogen) atoms. The molecule has 12 atom stereocenters. The number of carbonyl (C=O) groups excluding carboxylic acids is 11. The number of aliphatic hydroxyl groups is 1. The quantitative estimate of drug-likeness (QED) is 0.116. The Labute approximate surface area is 567 Å². The first kappa shape index (κ1) is 85.1. The fraction of sp³-hybridized carbons (Fsp3) is 0.700. The lowest BCUT2D eigenvalue weighted by molar-refractivity contribution is -0.157. The number of amides is 11. The number of benzene rings is 1. The molecule has 1 fully saturated rings. The Bertz CT molecular complexity index is 2740. The molecule has 23 nitrogen and oxygen atoms in total. The van der Waals surface area contributed by atoms with Gasteiger partial charge in [0.1, 0.15) is 60.4 Å². The van der Waals surface area contributed by atoms with E-state index in [4.69, 9.17) is 11.6 Å². The molecule has 11 amide bonds. The van der Waals surface area contributed by atoms with E-state index in [9.17, 15) is 48.3 Å². The summed E-state index contributed by atoms with van der Waals surface area (Å²) in [5.74, 6) is -9.71. The Hall–Kier alpha value is -6.88. The standard InChI is InChI=1S/C62H111N11O12.C8H7Cl/c1-25-27-28-40(15)52(75)51-56(79)65-43(26-2)58(81)67(18)33-48(74)68(19)44(29-34(3)4)55(78)66-49(38(11)12)61(84)69(20)45(30-35(5)6)54(77)63-41(16)53(76)64-42(17)57(80)70(21)46(31-36(7)8)59(82)71(22)47(32-37(9)10)60(83)72(23)50(39(13)14)62(85)73(51)24;1-7(9)8-5-3-2-4-6-8/h25,27,34-47,49-52,75H,26,28-33H2,1-24H3,(H,63,77)(H,64,76)(H,65,79)(H,66,78);2-6H,1H2/b27-25+;/t40-,41+,42-,43+,44+,45+,46+,47+,49+,50+,51+,52-;/m1./s1. The van der Waals surface area contributed by atoms with E-state index in [2.05, 4.69) is 27.8 Å². The molecule has 5 N–H and O–H groups in total. The van der Waals surface area contributed by atoms with Gasteiger partial charge in [0.25, 0.3) is 0 Å². The number of halogens is 1. The zero-order chi connectivity index (χ0) is 72.7. The van der Waals surface area contributed by atoms with E-state index in [1.807, 2.05) is 91.8 Å². The zero-order valence-corrected chi connectivity index (χ0v) is 61.8. The van der Waals surface area contributed by atoms with Crippen LogP contribution < -0.4 is 21.3 Å². The van der Waals surface area contributed by atoms with Crippen LogP contribution >= 0.6 is 11.6 Å². The highest BCUT2D eigenvalue weighted by molar-refractivity contribution is 6.48. The van der Waals surface area contributed by atoms with E-state index in [1.165, 1.54) is 87.7 Å². The van der Waals surface area contributed by atoms with Gasteiger partial charge in [0.05, 0.1) is 12.6 Å². The molecule has 0 radical (unpaired) electrons. The van der Waals surface area contributed by atoms with E-state index in [-0.39, 0.29) is 55.8 Å². The van der Waals surface area contributed by atoms with Gasteiger partial charge in [-0.25, -0.2) is 0 Å². The van der Waals surface area contributed by atoms with E-state index in [0.29, 0.717) is 11.5 Å². The second-order valence-corrected chi connectivity index (χ2v) is 28.3. The number of allylic oxidation sites excluding steroid dienone is 2. The van der Waals surface area contributed by atoms with E-state index < -0.39 is 156 Å². The molecule has 0 unspecified atom stereocenters. The molecule has 0 aliphatic carbocycles. The molecule has 1 heterocycles. The Morgan fingerprint density at radius 3 is 1.38 bits per heavy atom. The molecule has 1 aromatic carbocycles. The van der Waals surface area contributed by atoms with Gasteiger partial charge in [0, 0.05) is 54.4 Å². The van der Waals surface area contributed by atoms with Gasteiger partial charge in [-0.2, -0.15) is 0 Å². The van der Waals surface area contributed by atoms with Gasteiger partial charge in [-0.3, -0.25) is 52.7 Å². The van der Waals surface area contributed by atoms with Crippen molar-refractivity contribution in [3.05, 3.63) is 54.6 Å². The van der Waals surface area contributed by atoms with Crippen molar-refractivity contribution in [2.24, 2.45) is 41.4 Å². The number of hydrogen-bond acceptors (Lipinski definition) is 12. The number of likely N-dealkylation sites (N-methyl/N-ethyl adjacent to an activating group) is 7. The minimum absolute atomic E-state index is 0.0229. The van der Waals surface area contributed by atoms with Crippen LogP contribution in [-0.4, -0.2) is 227 Å². The zero-order valence-electron chi connectivity index (χ0n) is 61.0. The van der Waals surface area contributed by atoms with Crippen molar-refractivity contribution in [1.29, 1.82) is 0 Å². The van der Waals surface area contributed by atoms with Gasteiger partial charge in [0.15, 0.2) is 0 Å². The summed E-state index contributed by atoms with van der Waals surface area (Å²) in [5, 5.41) is 23.7. The Kier molecular flexibility index (Phi) is 36.1. The van der Waals surface area contributed by atoms with Gasteiger partial charge >= 0.3 is 0 Å². The molecule has 2 rings (SSSR count). The number of aliphatic hydroxyl groups excluding tert-OH is 1. The molecule has 532 valence electrons. The average Bonchev–Trinajstić information content (AvgIpc) is 0.834. The summed E-state index contributed by atoms with van der Waals surface area (Å²) in [7, 11) is 9.92. The fourth-order valence-corrected chi connectivity index (χ4v) is 11.4. The smallest absolute Gasteiger partial charge is 0.246 e. The minimum Gasteiger partial charge on any atom is -0.390 e. The van der Waals surface area contributed by atoms with Crippen molar-refractivity contribution in [1.82, 2.24) is 55.6 Å². The summed E-state index contributed by atoms with van der Waals surface area (Å²) >= 11 is 5.61. The van der Waals surface area contributed by atoms with Gasteiger partial charge in [-0.1, -0.05) is 158 Å². The Morgan fingerprint density at radius 1 is 0.521 bits per heavy atom. The van der Waals surface area contributed by atoms with Crippen LogP contribution in [0.1, 0.15) is 162 Å². The van der Waals surface area contributed by atoms with Crippen molar-refractivity contribution < 1.29 is 57.8 Å². The summed E-state index contributed by atoms with van der Waals surface area (Å²) in [6, 6.07) is -2.66. The largest absolute Gasteiger partial charge is 0.390 e. The third kappa shape index (κ3) is 25.0. The number of nitrogens with one attached hydrogen (secondary N) is 4. The van der Waals surface area contributed by atoms with Crippen LogP contribution in [0.3, 0.4) is 0 Å². The summed E-state index contributed by atoms with van der Waals surface area (Å²) in [6.45, 7) is 32.9. The van der Waals surface area contributed by atoms with Crippen LogP contribution in [0.5, 0.6) is 0 Å². The van der Waals surface area contributed by atoms with Crippen LogP contribution in [0.2, 0.25) is 0 Å². The summed E-state index contributed by atoms with van der Waals surface area (Å²) in [6.07, 6.45) is 3.04. The second kappa shape index (κ2) is 39.9. The SMILES string of the molecule is C/C=C/C[C@@H](C)[C@@H](O)[C@H]1C(=O)N[C@@H](CC)C(=O)N(C)CC(=O)N(C)[C@@H](CC(C)C)C(=O)N[C@@H](C(C)C)C(=O)N(C)[C@@H](CC(C)C)C(=O)N[C@@H](C)C(=O)N[C@H](C)C(=O)N(C)[C@@H](CC(C)C)C(=O)N(C)[C@@H](CC(C)C)C(=O)N(C)[C@@H](C(C)C)C(=O)N1C.C=C(Cl)c1ccccc1. The molecule has 0 spiro atoms. The molecular weight excluding hydrogens is 1220 g/mol. The maximum absolute atomic E-state index is 15.1. The maximum Gasteiger partial charge on any atom is 0.246 e. The molecule has 1 aliphatic heterocycles. The van der Waals surface area contributed by atoms with E-state index in [0.717, 1.165) is 15.4 Å². The van der Waals surface area contributed by atoms with Crippen molar-refractivity contribution in [3.8, 4) is 0 Å². The van der Waals surface area contributed by atoms with Crippen molar-refractivity contribution in [2.45, 2.75) is 223 Å². The van der Waals surface area contributed by atoms with Crippen molar-refractivity contribution in [2.75, 3.05) is 55.9 Å². The lowest BCUT2D eigenvalue weighted by Crippen LogP contribution is -2.63. The maximum atomic E-state index is 15.1. The number of carbonyl (C=O) groups is 11. The topological polar surface area (TPSA) is 279 Å². The van der Waals surface area contributed by atoms with Crippen LogP contribution in [-0.2, 0) is 52.7 Å². The minimum atomic E-state index is -1.61. The van der Waals surface area contributed by atoms with Gasteiger partial charge < -0.3 is 60.7 Å².